The monoisotopic (exact) mass is 266 g/mol. The zero-order chi connectivity index (χ0) is 13.0. The van der Waals surface area contributed by atoms with E-state index in [2.05, 4.69) is 4.98 Å². The minimum Gasteiger partial charge on any atom is -0.483 e. The summed E-state index contributed by atoms with van der Waals surface area (Å²) in [6.45, 7) is 0.160. The Morgan fingerprint density at radius 3 is 2.78 bits per heavy atom. The molecule has 2 aromatic rings. The van der Waals surface area contributed by atoms with Gasteiger partial charge in [-0.15, -0.1) is 0 Å². The number of halogens is 2. The molecule has 0 saturated carbocycles. The predicted molar refractivity (Wildman–Crippen MR) is 68.1 cm³/mol. The van der Waals surface area contributed by atoms with Crippen LogP contribution in [0.3, 0.4) is 0 Å². The zero-order valence-corrected chi connectivity index (χ0v) is 10.3. The van der Waals surface area contributed by atoms with E-state index < -0.39 is 6.10 Å². The lowest BCUT2D eigenvalue weighted by Gasteiger charge is -2.18. The summed E-state index contributed by atoms with van der Waals surface area (Å²) in [7, 11) is 0. The summed E-state index contributed by atoms with van der Waals surface area (Å²) in [5.41, 5.74) is 6.03. The van der Waals surface area contributed by atoms with Gasteiger partial charge in [-0.1, -0.05) is 29.8 Å². The van der Waals surface area contributed by atoms with E-state index in [-0.39, 0.29) is 12.4 Å². The standard InChI is InChI=1S/C13H12ClFN2O/c14-9-5-10(8-17-7-9)18-13(6-16)11-3-1-2-4-12(11)15/h1-5,7-8,13H,6,16H2. The second kappa shape index (κ2) is 5.80. The number of ether oxygens (including phenoxy) is 1. The lowest BCUT2D eigenvalue weighted by atomic mass is 10.1. The number of benzene rings is 1. The van der Waals surface area contributed by atoms with Gasteiger partial charge in [0.15, 0.2) is 0 Å². The molecule has 1 atom stereocenters. The fraction of sp³-hybridized carbons (Fsp3) is 0.154. The van der Waals surface area contributed by atoms with Crippen molar-refractivity contribution >= 4 is 11.6 Å². The molecule has 0 aliphatic carbocycles. The summed E-state index contributed by atoms with van der Waals surface area (Å²) in [5, 5.41) is 0.455. The van der Waals surface area contributed by atoms with E-state index in [9.17, 15) is 4.39 Å². The van der Waals surface area contributed by atoms with E-state index in [1.54, 1.807) is 24.3 Å². The number of hydrogen-bond acceptors (Lipinski definition) is 3. The highest BCUT2D eigenvalue weighted by atomic mass is 35.5. The first-order valence-corrected chi connectivity index (χ1v) is 5.80. The molecule has 0 radical (unpaired) electrons. The normalized spacial score (nSPS) is 12.2. The largest absolute Gasteiger partial charge is 0.483 e. The van der Waals surface area contributed by atoms with Crippen LogP contribution in [-0.2, 0) is 0 Å². The molecular weight excluding hydrogens is 255 g/mol. The predicted octanol–water partition coefficient (Wildman–Crippen LogP) is 2.95. The minimum absolute atomic E-state index is 0.160. The molecule has 2 N–H and O–H groups in total. The van der Waals surface area contributed by atoms with Crippen LogP contribution < -0.4 is 10.5 Å². The van der Waals surface area contributed by atoms with Gasteiger partial charge in [-0.25, -0.2) is 4.39 Å². The van der Waals surface area contributed by atoms with E-state index in [1.807, 2.05) is 0 Å². The third-order valence-corrected chi connectivity index (χ3v) is 2.63. The van der Waals surface area contributed by atoms with E-state index in [1.165, 1.54) is 18.5 Å². The van der Waals surface area contributed by atoms with Gasteiger partial charge in [0.2, 0.25) is 0 Å². The zero-order valence-electron chi connectivity index (χ0n) is 9.51. The summed E-state index contributed by atoms with van der Waals surface area (Å²) >= 11 is 5.80. The third-order valence-electron chi connectivity index (χ3n) is 2.42. The molecule has 5 heteroatoms. The maximum absolute atomic E-state index is 13.6. The Hall–Kier alpha value is -1.65. The average molecular weight is 267 g/mol. The van der Waals surface area contributed by atoms with Crippen molar-refractivity contribution in [3.63, 3.8) is 0 Å². The van der Waals surface area contributed by atoms with Crippen molar-refractivity contribution in [2.24, 2.45) is 5.73 Å². The SMILES string of the molecule is NCC(Oc1cncc(Cl)c1)c1ccccc1F. The summed E-state index contributed by atoms with van der Waals surface area (Å²) < 4.78 is 19.2. The van der Waals surface area contributed by atoms with E-state index >= 15 is 0 Å². The van der Waals surface area contributed by atoms with Gasteiger partial charge in [-0.3, -0.25) is 4.98 Å². The van der Waals surface area contributed by atoms with Crippen LogP contribution >= 0.6 is 11.6 Å². The van der Waals surface area contributed by atoms with Crippen LogP contribution in [0.25, 0.3) is 0 Å². The van der Waals surface area contributed by atoms with Crippen molar-refractivity contribution in [3.05, 3.63) is 59.1 Å². The van der Waals surface area contributed by atoms with Crippen LogP contribution in [0.5, 0.6) is 5.75 Å². The number of pyridine rings is 1. The fourth-order valence-electron chi connectivity index (χ4n) is 1.60. The van der Waals surface area contributed by atoms with Crippen LogP contribution in [0, 0.1) is 5.82 Å². The number of aromatic nitrogens is 1. The van der Waals surface area contributed by atoms with Crippen LogP contribution in [-0.4, -0.2) is 11.5 Å². The summed E-state index contributed by atoms with van der Waals surface area (Å²) in [6.07, 6.45) is 2.44. The Balaban J connectivity index is 2.23. The Kier molecular flexibility index (Phi) is 4.12. The van der Waals surface area contributed by atoms with Crippen molar-refractivity contribution in [1.82, 2.24) is 4.98 Å². The molecule has 18 heavy (non-hydrogen) atoms. The van der Waals surface area contributed by atoms with Crippen molar-refractivity contribution in [2.75, 3.05) is 6.54 Å². The lowest BCUT2D eigenvalue weighted by Crippen LogP contribution is -2.19. The Labute approximate surface area is 109 Å². The van der Waals surface area contributed by atoms with E-state index in [4.69, 9.17) is 22.1 Å². The quantitative estimate of drug-likeness (QED) is 0.926. The second-order valence-corrected chi connectivity index (χ2v) is 4.14. The van der Waals surface area contributed by atoms with Crippen LogP contribution in [0.2, 0.25) is 5.02 Å². The third kappa shape index (κ3) is 2.97. The van der Waals surface area contributed by atoms with E-state index in [0.29, 0.717) is 16.3 Å². The second-order valence-electron chi connectivity index (χ2n) is 3.70. The first-order chi connectivity index (χ1) is 8.70. The summed E-state index contributed by atoms with van der Waals surface area (Å²) in [6, 6.07) is 7.98. The number of rotatable bonds is 4. The molecule has 2 rings (SSSR count). The molecule has 0 aliphatic rings. The van der Waals surface area contributed by atoms with Gasteiger partial charge >= 0.3 is 0 Å². The van der Waals surface area contributed by atoms with Crippen molar-refractivity contribution in [2.45, 2.75) is 6.10 Å². The highest BCUT2D eigenvalue weighted by Crippen LogP contribution is 2.24. The molecular formula is C13H12ClFN2O. The number of nitrogens with two attached hydrogens (primary N) is 1. The van der Waals surface area contributed by atoms with Crippen molar-refractivity contribution in [3.8, 4) is 5.75 Å². The van der Waals surface area contributed by atoms with Crippen molar-refractivity contribution in [1.29, 1.82) is 0 Å². The Bertz CT molecular complexity index is 536. The fourth-order valence-corrected chi connectivity index (χ4v) is 1.76. The molecule has 0 aliphatic heterocycles. The topological polar surface area (TPSA) is 48.1 Å². The Morgan fingerprint density at radius 2 is 2.11 bits per heavy atom. The van der Waals surface area contributed by atoms with Gasteiger partial charge in [-0.2, -0.15) is 0 Å². The number of hydrogen-bond donors (Lipinski definition) is 1. The summed E-state index contributed by atoms with van der Waals surface area (Å²) in [5.74, 6) is 0.115. The molecule has 3 nitrogen and oxygen atoms in total. The molecule has 0 amide bonds. The molecule has 1 heterocycles. The first-order valence-electron chi connectivity index (χ1n) is 5.42. The lowest BCUT2D eigenvalue weighted by molar-refractivity contribution is 0.208. The van der Waals surface area contributed by atoms with Crippen LogP contribution in [0.1, 0.15) is 11.7 Å². The molecule has 0 saturated heterocycles. The maximum atomic E-state index is 13.6. The Morgan fingerprint density at radius 1 is 1.33 bits per heavy atom. The molecule has 1 unspecified atom stereocenters. The average Bonchev–Trinajstić information content (AvgIpc) is 2.37. The van der Waals surface area contributed by atoms with Gasteiger partial charge in [0.1, 0.15) is 17.7 Å². The number of nitrogens with zero attached hydrogens (tertiary/aromatic N) is 1. The van der Waals surface area contributed by atoms with E-state index in [0.717, 1.165) is 0 Å². The smallest absolute Gasteiger partial charge is 0.140 e. The molecule has 0 fully saturated rings. The van der Waals surface area contributed by atoms with Crippen molar-refractivity contribution < 1.29 is 9.13 Å². The summed E-state index contributed by atoms with van der Waals surface area (Å²) in [4.78, 5) is 3.90. The van der Waals surface area contributed by atoms with Gasteiger partial charge in [0.25, 0.3) is 0 Å². The molecule has 0 spiro atoms. The molecule has 1 aromatic carbocycles. The van der Waals surface area contributed by atoms with Crippen LogP contribution in [0.4, 0.5) is 4.39 Å². The van der Waals surface area contributed by atoms with Gasteiger partial charge in [-0.05, 0) is 6.07 Å². The van der Waals surface area contributed by atoms with Gasteiger partial charge in [0, 0.05) is 24.4 Å². The molecule has 94 valence electrons. The molecule has 1 aromatic heterocycles. The first kappa shape index (κ1) is 12.8. The maximum Gasteiger partial charge on any atom is 0.140 e. The highest BCUT2D eigenvalue weighted by Gasteiger charge is 2.15. The van der Waals surface area contributed by atoms with Crippen LogP contribution in [0.15, 0.2) is 42.7 Å². The molecule has 0 bridgehead atoms. The van der Waals surface area contributed by atoms with Gasteiger partial charge in [0.05, 0.1) is 11.2 Å². The minimum atomic E-state index is -0.563. The van der Waals surface area contributed by atoms with Gasteiger partial charge < -0.3 is 10.5 Å². The highest BCUT2D eigenvalue weighted by molar-refractivity contribution is 6.30.